The molecule has 1 amide bonds. The molecule has 2 atom stereocenters. The van der Waals surface area contributed by atoms with Gasteiger partial charge in [0.25, 0.3) is 0 Å². The molecule has 1 heterocycles. The monoisotopic (exact) mass is 270 g/mol. The van der Waals surface area contributed by atoms with Crippen LogP contribution in [-0.2, 0) is 9.53 Å². The number of rotatable bonds is 4. The quantitative estimate of drug-likeness (QED) is 0.872. The highest BCUT2D eigenvalue weighted by molar-refractivity contribution is 5.93. The zero-order chi connectivity index (χ0) is 13.8. The highest BCUT2D eigenvalue weighted by Crippen LogP contribution is 2.21. The molecule has 2 N–H and O–H groups in total. The van der Waals surface area contributed by atoms with Crippen LogP contribution in [-0.4, -0.2) is 31.7 Å². The Hall–Kier alpha value is -1.53. The topological polar surface area (TPSA) is 50.4 Å². The third-order valence-corrected chi connectivity index (χ3v) is 3.09. The van der Waals surface area contributed by atoms with Crippen LogP contribution in [0.1, 0.15) is 6.92 Å². The van der Waals surface area contributed by atoms with E-state index in [2.05, 4.69) is 10.6 Å². The molecule has 1 aliphatic heterocycles. The van der Waals surface area contributed by atoms with Crippen LogP contribution in [0.15, 0.2) is 18.2 Å². The van der Waals surface area contributed by atoms with Gasteiger partial charge in [0.2, 0.25) is 5.91 Å². The van der Waals surface area contributed by atoms with E-state index >= 15 is 0 Å². The lowest BCUT2D eigenvalue weighted by Crippen LogP contribution is -2.41. The highest BCUT2D eigenvalue weighted by atomic mass is 19.1. The number of hydrogen-bond donors (Lipinski definition) is 2. The van der Waals surface area contributed by atoms with Gasteiger partial charge in [0.15, 0.2) is 0 Å². The lowest BCUT2D eigenvalue weighted by Gasteiger charge is -2.18. The van der Waals surface area contributed by atoms with Crippen LogP contribution in [0.3, 0.4) is 0 Å². The second-order valence-corrected chi connectivity index (χ2v) is 4.39. The summed E-state index contributed by atoms with van der Waals surface area (Å²) >= 11 is 0. The zero-order valence-electron chi connectivity index (χ0n) is 10.6. The van der Waals surface area contributed by atoms with Gasteiger partial charge in [-0.15, -0.1) is 0 Å². The number of nitrogens with one attached hydrogen (secondary N) is 2. The Balaban J connectivity index is 2.08. The molecule has 0 radical (unpaired) electrons. The van der Waals surface area contributed by atoms with E-state index in [4.69, 9.17) is 4.74 Å². The molecule has 1 aromatic rings. The Labute approximate surface area is 110 Å². The smallest absolute Gasteiger partial charge is 0.231 e. The number of carbonyl (C=O) groups is 1. The number of ether oxygens (including phenoxy) is 1. The molecule has 0 bridgehead atoms. The van der Waals surface area contributed by atoms with Crippen molar-refractivity contribution in [3.05, 3.63) is 29.8 Å². The zero-order valence-corrected chi connectivity index (χ0v) is 10.6. The molecule has 1 aliphatic rings. The number of hydrogen-bond acceptors (Lipinski definition) is 3. The van der Waals surface area contributed by atoms with Crippen molar-refractivity contribution >= 4 is 11.6 Å². The summed E-state index contributed by atoms with van der Waals surface area (Å²) in [7, 11) is 0. The van der Waals surface area contributed by atoms with Gasteiger partial charge in [-0.3, -0.25) is 4.79 Å². The second kappa shape index (κ2) is 6.08. The van der Waals surface area contributed by atoms with E-state index in [0.717, 1.165) is 12.1 Å². The van der Waals surface area contributed by atoms with Gasteiger partial charge in [-0.1, -0.05) is 13.0 Å². The number of likely N-dealkylation sites (N-methyl/N-ethyl adjacent to an activating group) is 1. The van der Waals surface area contributed by atoms with Crippen LogP contribution in [0, 0.1) is 17.6 Å². The first-order valence-corrected chi connectivity index (χ1v) is 6.19. The van der Waals surface area contributed by atoms with Gasteiger partial charge in [0, 0.05) is 6.04 Å². The summed E-state index contributed by atoms with van der Waals surface area (Å²) in [5, 5.41) is 5.42. The molecule has 19 heavy (non-hydrogen) atoms. The van der Waals surface area contributed by atoms with Gasteiger partial charge in [0.05, 0.1) is 19.1 Å². The number of amides is 1. The van der Waals surface area contributed by atoms with Crippen molar-refractivity contribution in [2.75, 3.05) is 25.1 Å². The fraction of sp³-hybridized carbons (Fsp3) is 0.462. The van der Waals surface area contributed by atoms with Gasteiger partial charge in [-0.05, 0) is 18.7 Å². The first-order chi connectivity index (χ1) is 9.13. The van der Waals surface area contributed by atoms with E-state index in [1.54, 1.807) is 0 Å². The first-order valence-electron chi connectivity index (χ1n) is 6.19. The average Bonchev–Trinajstić information content (AvgIpc) is 2.83. The number of anilines is 1. The molecule has 1 saturated heterocycles. The summed E-state index contributed by atoms with van der Waals surface area (Å²) in [6.45, 7) is 3.29. The molecule has 2 rings (SSSR count). The molecule has 4 nitrogen and oxygen atoms in total. The third kappa shape index (κ3) is 3.08. The van der Waals surface area contributed by atoms with Crippen LogP contribution in [0.5, 0.6) is 0 Å². The summed E-state index contributed by atoms with van der Waals surface area (Å²) in [4.78, 5) is 12.0. The lowest BCUT2D eigenvalue weighted by molar-refractivity contribution is -0.120. The van der Waals surface area contributed by atoms with Crippen molar-refractivity contribution in [1.29, 1.82) is 0 Å². The molecule has 0 spiro atoms. The van der Waals surface area contributed by atoms with Gasteiger partial charge < -0.3 is 15.4 Å². The Bertz CT molecular complexity index is 448. The van der Waals surface area contributed by atoms with Crippen LogP contribution in [0.25, 0.3) is 0 Å². The predicted molar refractivity (Wildman–Crippen MR) is 66.8 cm³/mol. The number of benzene rings is 1. The number of halogens is 2. The summed E-state index contributed by atoms with van der Waals surface area (Å²) < 4.78 is 32.1. The van der Waals surface area contributed by atoms with E-state index in [0.29, 0.717) is 13.2 Å². The Kier molecular flexibility index (Phi) is 4.44. The maximum Gasteiger partial charge on any atom is 0.231 e. The highest BCUT2D eigenvalue weighted by Gasteiger charge is 2.34. The number of para-hydroxylation sites is 1. The van der Waals surface area contributed by atoms with Crippen molar-refractivity contribution in [3.63, 3.8) is 0 Å². The Morgan fingerprint density at radius 1 is 1.37 bits per heavy atom. The molecule has 1 aromatic carbocycles. The second-order valence-electron chi connectivity index (χ2n) is 4.39. The molecule has 6 heteroatoms. The summed E-state index contributed by atoms with van der Waals surface area (Å²) in [6.07, 6.45) is 0. The maximum absolute atomic E-state index is 13.4. The lowest BCUT2D eigenvalue weighted by atomic mass is 10.0. The normalized spacial score (nSPS) is 22.5. The fourth-order valence-electron chi connectivity index (χ4n) is 2.11. The standard InChI is InChI=1S/C13H16F2N2O2/c1-2-16-11-7-19-6-8(11)13(18)17-12-9(14)4-3-5-10(12)15/h3-5,8,11,16H,2,6-7H2,1H3,(H,17,18). The van der Waals surface area contributed by atoms with Crippen molar-refractivity contribution in [2.24, 2.45) is 5.92 Å². The molecule has 0 saturated carbocycles. The van der Waals surface area contributed by atoms with Crippen LogP contribution >= 0.6 is 0 Å². The molecule has 0 aliphatic carbocycles. The van der Waals surface area contributed by atoms with Crippen molar-refractivity contribution in [3.8, 4) is 0 Å². The molecule has 104 valence electrons. The molecule has 1 fully saturated rings. The van der Waals surface area contributed by atoms with E-state index in [1.807, 2.05) is 6.92 Å². The van der Waals surface area contributed by atoms with Crippen molar-refractivity contribution in [1.82, 2.24) is 5.32 Å². The average molecular weight is 270 g/mol. The molecule has 0 aromatic heterocycles. The first kappa shape index (κ1) is 13.9. The summed E-state index contributed by atoms with van der Waals surface area (Å²) in [6, 6.07) is 3.33. The summed E-state index contributed by atoms with van der Waals surface area (Å²) in [5.41, 5.74) is -0.408. The SMILES string of the molecule is CCNC1COCC1C(=O)Nc1c(F)cccc1F. The molecular formula is C13H16F2N2O2. The van der Waals surface area contributed by atoms with E-state index < -0.39 is 29.1 Å². The van der Waals surface area contributed by atoms with Crippen LogP contribution in [0.4, 0.5) is 14.5 Å². The number of carbonyl (C=O) groups excluding carboxylic acids is 1. The summed E-state index contributed by atoms with van der Waals surface area (Å²) in [5.74, 6) is -2.45. The maximum atomic E-state index is 13.4. The van der Waals surface area contributed by atoms with E-state index in [-0.39, 0.29) is 12.6 Å². The van der Waals surface area contributed by atoms with Gasteiger partial charge >= 0.3 is 0 Å². The largest absolute Gasteiger partial charge is 0.379 e. The van der Waals surface area contributed by atoms with Crippen molar-refractivity contribution in [2.45, 2.75) is 13.0 Å². The third-order valence-electron chi connectivity index (χ3n) is 3.09. The van der Waals surface area contributed by atoms with Crippen LogP contribution in [0.2, 0.25) is 0 Å². The van der Waals surface area contributed by atoms with Gasteiger partial charge in [-0.2, -0.15) is 0 Å². The Morgan fingerprint density at radius 2 is 2.05 bits per heavy atom. The minimum absolute atomic E-state index is 0.125. The molecule has 2 unspecified atom stereocenters. The van der Waals surface area contributed by atoms with Crippen molar-refractivity contribution < 1.29 is 18.3 Å². The minimum atomic E-state index is -0.785. The minimum Gasteiger partial charge on any atom is -0.379 e. The van der Waals surface area contributed by atoms with Gasteiger partial charge in [-0.25, -0.2) is 8.78 Å². The van der Waals surface area contributed by atoms with E-state index in [9.17, 15) is 13.6 Å². The Morgan fingerprint density at radius 3 is 2.68 bits per heavy atom. The molecular weight excluding hydrogens is 254 g/mol. The van der Waals surface area contributed by atoms with Gasteiger partial charge in [0.1, 0.15) is 17.3 Å². The van der Waals surface area contributed by atoms with Crippen LogP contribution < -0.4 is 10.6 Å². The fourth-order valence-corrected chi connectivity index (χ4v) is 2.11. The van der Waals surface area contributed by atoms with E-state index in [1.165, 1.54) is 6.07 Å². The predicted octanol–water partition coefficient (Wildman–Crippen LogP) is 1.53.